The van der Waals surface area contributed by atoms with Crippen LogP contribution < -0.4 is 5.73 Å². The molecule has 2 N–H and O–H groups in total. The summed E-state index contributed by atoms with van der Waals surface area (Å²) in [6.07, 6.45) is 0. The number of hydrogen-bond donors (Lipinski definition) is 1. The first-order valence-electron chi connectivity index (χ1n) is 12.0. The molecule has 37 heavy (non-hydrogen) atoms. The fraction of sp³-hybridized carbons (Fsp3) is 0.310. The van der Waals surface area contributed by atoms with Crippen LogP contribution in [0.25, 0.3) is 0 Å². The average Bonchev–Trinajstić information content (AvgIpc) is 2.93. The van der Waals surface area contributed by atoms with E-state index in [1.54, 1.807) is 40.9 Å². The standard InChI is InChI=1S/C16H23N3O4.C12H10S.CH4/c17-16(21)19-8-6-18(7-9-19)10-11-22-12-13-23-15(20)14-4-2-1-3-5-14;1-3-7-11(8-4-1)13-12-9-5-2-6-10-12;/h1-5H,6-13H2,(H2,17,21);1-10H;1H4. The Morgan fingerprint density at radius 3 is 1.76 bits per heavy atom. The van der Waals surface area contributed by atoms with Gasteiger partial charge in [-0.15, -0.1) is 0 Å². The van der Waals surface area contributed by atoms with Gasteiger partial charge in [-0.05, 0) is 36.4 Å². The molecule has 1 saturated heterocycles. The summed E-state index contributed by atoms with van der Waals surface area (Å²) in [7, 11) is 0. The van der Waals surface area contributed by atoms with E-state index < -0.39 is 0 Å². The van der Waals surface area contributed by atoms with Gasteiger partial charge in [0.15, 0.2) is 0 Å². The second-order valence-electron chi connectivity index (χ2n) is 8.01. The summed E-state index contributed by atoms with van der Waals surface area (Å²) in [5.41, 5.74) is 5.78. The first kappa shape index (κ1) is 29.9. The van der Waals surface area contributed by atoms with Gasteiger partial charge in [-0.2, -0.15) is 0 Å². The number of hydrogen-bond acceptors (Lipinski definition) is 6. The van der Waals surface area contributed by atoms with Gasteiger partial charge < -0.3 is 20.1 Å². The third-order valence-corrected chi connectivity index (χ3v) is 6.44. The first-order chi connectivity index (χ1) is 17.6. The van der Waals surface area contributed by atoms with Gasteiger partial charge in [0, 0.05) is 42.5 Å². The van der Waals surface area contributed by atoms with Gasteiger partial charge in [-0.3, -0.25) is 4.90 Å². The molecule has 0 aliphatic carbocycles. The largest absolute Gasteiger partial charge is 0.460 e. The second kappa shape index (κ2) is 17.2. The number of rotatable bonds is 9. The Morgan fingerprint density at radius 2 is 1.24 bits per heavy atom. The Labute approximate surface area is 224 Å². The van der Waals surface area contributed by atoms with Crippen LogP contribution in [-0.2, 0) is 9.47 Å². The fourth-order valence-corrected chi connectivity index (χ4v) is 4.31. The zero-order valence-electron chi connectivity index (χ0n) is 20.3. The van der Waals surface area contributed by atoms with E-state index in [2.05, 4.69) is 53.4 Å². The normalized spacial score (nSPS) is 13.0. The minimum atomic E-state index is -0.360. The van der Waals surface area contributed by atoms with Crippen molar-refractivity contribution in [2.24, 2.45) is 5.73 Å². The molecule has 0 radical (unpaired) electrons. The highest BCUT2D eigenvalue weighted by molar-refractivity contribution is 7.99. The van der Waals surface area contributed by atoms with Gasteiger partial charge in [-0.1, -0.05) is 73.8 Å². The maximum Gasteiger partial charge on any atom is 0.338 e. The van der Waals surface area contributed by atoms with Crippen molar-refractivity contribution in [3.63, 3.8) is 0 Å². The molecule has 8 heteroatoms. The number of amides is 2. The van der Waals surface area contributed by atoms with Crippen LogP contribution in [0.3, 0.4) is 0 Å². The first-order valence-corrected chi connectivity index (χ1v) is 12.8. The highest BCUT2D eigenvalue weighted by Crippen LogP contribution is 2.26. The van der Waals surface area contributed by atoms with Gasteiger partial charge in [0.05, 0.1) is 18.8 Å². The summed E-state index contributed by atoms with van der Waals surface area (Å²) in [5, 5.41) is 0. The molecule has 0 bridgehead atoms. The highest BCUT2D eigenvalue weighted by atomic mass is 32.2. The lowest BCUT2D eigenvalue weighted by Crippen LogP contribution is -2.51. The van der Waals surface area contributed by atoms with Crippen LogP contribution in [0.2, 0.25) is 0 Å². The summed E-state index contributed by atoms with van der Waals surface area (Å²) in [6.45, 7) is 4.89. The van der Waals surface area contributed by atoms with Gasteiger partial charge in [0.1, 0.15) is 6.61 Å². The molecule has 0 aromatic heterocycles. The molecule has 2 amide bonds. The van der Waals surface area contributed by atoms with E-state index in [4.69, 9.17) is 15.2 Å². The number of piperazine rings is 1. The number of esters is 1. The molecule has 1 heterocycles. The van der Waals surface area contributed by atoms with Crippen molar-refractivity contribution in [2.75, 3.05) is 52.5 Å². The molecule has 7 nitrogen and oxygen atoms in total. The van der Waals surface area contributed by atoms with Gasteiger partial charge in [0.25, 0.3) is 0 Å². The number of carbonyl (C=O) groups is 2. The number of nitrogens with zero attached hydrogens (tertiary/aromatic N) is 2. The minimum absolute atomic E-state index is 0. The number of ether oxygens (including phenoxy) is 2. The Bertz CT molecular complexity index is 993. The minimum Gasteiger partial charge on any atom is -0.460 e. The van der Waals surface area contributed by atoms with Crippen LogP contribution in [-0.4, -0.2) is 74.3 Å². The van der Waals surface area contributed by atoms with Crippen molar-refractivity contribution >= 4 is 23.8 Å². The van der Waals surface area contributed by atoms with Gasteiger partial charge in [0.2, 0.25) is 0 Å². The van der Waals surface area contributed by atoms with E-state index in [1.165, 1.54) is 9.79 Å². The molecular weight excluding hydrogens is 486 g/mol. The average molecular weight is 524 g/mol. The molecule has 198 valence electrons. The third-order valence-electron chi connectivity index (χ3n) is 5.43. The Morgan fingerprint density at radius 1 is 0.730 bits per heavy atom. The Hall–Kier alpha value is -3.33. The maximum absolute atomic E-state index is 11.7. The molecule has 1 aliphatic heterocycles. The molecule has 0 spiro atoms. The predicted molar refractivity (Wildman–Crippen MR) is 149 cm³/mol. The van der Waals surface area contributed by atoms with Crippen LogP contribution in [0, 0.1) is 0 Å². The Balaban J connectivity index is 0.000000291. The number of carbonyl (C=O) groups excluding carboxylic acids is 2. The third kappa shape index (κ3) is 11.5. The summed E-state index contributed by atoms with van der Waals surface area (Å²) in [5.74, 6) is -0.336. The van der Waals surface area contributed by atoms with Crippen molar-refractivity contribution in [3.05, 3.63) is 96.6 Å². The lowest BCUT2D eigenvalue weighted by atomic mass is 10.2. The molecule has 1 aliphatic rings. The quantitative estimate of drug-likeness (QED) is 0.313. The number of nitrogens with two attached hydrogens (primary N) is 1. The molecule has 4 rings (SSSR count). The summed E-state index contributed by atoms with van der Waals surface area (Å²) in [6, 6.07) is 29.3. The number of primary amides is 1. The molecule has 0 saturated carbocycles. The zero-order valence-corrected chi connectivity index (χ0v) is 21.1. The summed E-state index contributed by atoms with van der Waals surface area (Å²) < 4.78 is 10.6. The van der Waals surface area contributed by atoms with E-state index in [0.717, 1.165) is 19.6 Å². The summed E-state index contributed by atoms with van der Waals surface area (Å²) in [4.78, 5) is 29.1. The monoisotopic (exact) mass is 523 g/mol. The molecule has 1 fully saturated rings. The van der Waals surface area contributed by atoms with Crippen LogP contribution >= 0.6 is 11.8 Å². The smallest absolute Gasteiger partial charge is 0.338 e. The van der Waals surface area contributed by atoms with Crippen LogP contribution in [0.15, 0.2) is 101 Å². The van der Waals surface area contributed by atoms with E-state index in [-0.39, 0.29) is 26.0 Å². The van der Waals surface area contributed by atoms with Crippen molar-refractivity contribution in [1.82, 2.24) is 9.80 Å². The molecule has 0 atom stereocenters. The van der Waals surface area contributed by atoms with E-state index in [1.807, 2.05) is 18.2 Å². The number of urea groups is 1. The lowest BCUT2D eigenvalue weighted by molar-refractivity contribution is 0.0262. The van der Waals surface area contributed by atoms with Crippen molar-refractivity contribution < 1.29 is 19.1 Å². The van der Waals surface area contributed by atoms with Crippen LogP contribution in [0.4, 0.5) is 4.79 Å². The molecule has 3 aromatic rings. The predicted octanol–water partition coefficient (Wildman–Crippen LogP) is 5.03. The van der Waals surface area contributed by atoms with E-state index in [0.29, 0.717) is 31.9 Å². The van der Waals surface area contributed by atoms with E-state index >= 15 is 0 Å². The molecule has 0 unspecified atom stereocenters. The zero-order chi connectivity index (χ0) is 25.4. The van der Waals surface area contributed by atoms with Crippen LogP contribution in [0.5, 0.6) is 0 Å². The van der Waals surface area contributed by atoms with Gasteiger partial charge in [-0.25, -0.2) is 9.59 Å². The van der Waals surface area contributed by atoms with Crippen molar-refractivity contribution in [2.45, 2.75) is 17.2 Å². The topological polar surface area (TPSA) is 85.1 Å². The lowest BCUT2D eigenvalue weighted by Gasteiger charge is -2.33. The van der Waals surface area contributed by atoms with Crippen molar-refractivity contribution in [1.29, 1.82) is 0 Å². The Kier molecular flexibility index (Phi) is 13.9. The fourth-order valence-electron chi connectivity index (χ4n) is 3.45. The van der Waals surface area contributed by atoms with Gasteiger partial charge >= 0.3 is 12.0 Å². The second-order valence-corrected chi connectivity index (χ2v) is 9.16. The van der Waals surface area contributed by atoms with E-state index in [9.17, 15) is 9.59 Å². The van der Waals surface area contributed by atoms with Crippen LogP contribution in [0.1, 0.15) is 17.8 Å². The maximum atomic E-state index is 11.7. The van der Waals surface area contributed by atoms with Crippen molar-refractivity contribution in [3.8, 4) is 0 Å². The SMILES string of the molecule is C.NC(=O)N1CCN(CCOCCOC(=O)c2ccccc2)CC1.c1ccc(Sc2ccccc2)cc1. The molecule has 3 aromatic carbocycles. The highest BCUT2D eigenvalue weighted by Gasteiger charge is 2.18. The number of benzene rings is 3. The summed E-state index contributed by atoms with van der Waals surface area (Å²) >= 11 is 1.79. The molecular formula is C29H37N3O4S.